The van der Waals surface area contributed by atoms with Crippen molar-refractivity contribution < 1.29 is 38.0 Å². The number of esters is 2. The molecule has 0 aliphatic carbocycles. The van der Waals surface area contributed by atoms with Crippen LogP contribution >= 0.6 is 0 Å². The summed E-state index contributed by atoms with van der Waals surface area (Å²) >= 11 is 0. The SMILES string of the molecule is COc1ccc2cc([C@H](N)C(=O)OCCOCCOCCOC(=O)[C@@H](N)c3ccc4cc(OC)ccc4c3)ccc2c1. The summed E-state index contributed by atoms with van der Waals surface area (Å²) in [5.41, 5.74) is 13.5. The molecule has 0 saturated heterocycles. The topological polar surface area (TPSA) is 142 Å². The summed E-state index contributed by atoms with van der Waals surface area (Å²) in [6, 6.07) is 20.7. The Morgan fingerprint density at radius 3 is 1.31 bits per heavy atom. The minimum absolute atomic E-state index is 0.0646. The second kappa shape index (κ2) is 15.1. The van der Waals surface area contributed by atoms with Crippen molar-refractivity contribution in [2.75, 3.05) is 53.9 Å². The summed E-state index contributed by atoms with van der Waals surface area (Å²) in [7, 11) is 3.23. The van der Waals surface area contributed by atoms with Crippen molar-refractivity contribution >= 4 is 33.5 Å². The summed E-state index contributed by atoms with van der Waals surface area (Å²) in [6.45, 7) is 1.09. The third-order valence-corrected chi connectivity index (χ3v) is 6.69. The van der Waals surface area contributed by atoms with Crippen molar-refractivity contribution in [1.29, 1.82) is 0 Å². The van der Waals surface area contributed by atoms with Crippen molar-refractivity contribution in [2.24, 2.45) is 11.5 Å². The van der Waals surface area contributed by atoms with Gasteiger partial charge in [-0.1, -0.05) is 36.4 Å². The van der Waals surface area contributed by atoms with Gasteiger partial charge in [0.2, 0.25) is 0 Å². The van der Waals surface area contributed by atoms with Crippen molar-refractivity contribution in [3.8, 4) is 11.5 Å². The molecule has 4 aromatic rings. The number of ether oxygens (including phenoxy) is 6. The smallest absolute Gasteiger partial charge is 0.327 e. The van der Waals surface area contributed by atoms with E-state index in [0.717, 1.165) is 33.0 Å². The molecule has 4 N–H and O–H groups in total. The minimum Gasteiger partial charge on any atom is -0.497 e. The van der Waals surface area contributed by atoms with Gasteiger partial charge >= 0.3 is 11.9 Å². The highest BCUT2D eigenvalue weighted by Gasteiger charge is 2.19. The quantitative estimate of drug-likeness (QED) is 0.158. The molecule has 2 atom stereocenters. The molecule has 4 rings (SSSR count). The van der Waals surface area contributed by atoms with Crippen molar-refractivity contribution in [2.45, 2.75) is 12.1 Å². The van der Waals surface area contributed by atoms with Gasteiger partial charge in [0.05, 0.1) is 40.6 Å². The van der Waals surface area contributed by atoms with Crippen LogP contribution in [0.15, 0.2) is 72.8 Å². The molecule has 42 heavy (non-hydrogen) atoms. The van der Waals surface area contributed by atoms with Gasteiger partial charge in [-0.25, -0.2) is 9.59 Å². The van der Waals surface area contributed by atoms with E-state index in [-0.39, 0.29) is 39.6 Å². The molecule has 0 saturated carbocycles. The average molecular weight is 577 g/mol. The van der Waals surface area contributed by atoms with E-state index in [0.29, 0.717) is 11.1 Å². The molecule has 0 unspecified atom stereocenters. The van der Waals surface area contributed by atoms with E-state index >= 15 is 0 Å². The van der Waals surface area contributed by atoms with Crippen LogP contribution in [0.25, 0.3) is 21.5 Å². The molecule has 0 radical (unpaired) electrons. The Morgan fingerprint density at radius 2 is 0.905 bits per heavy atom. The molecule has 0 aliphatic heterocycles. The Morgan fingerprint density at radius 1 is 0.548 bits per heavy atom. The molecule has 222 valence electrons. The predicted molar refractivity (Wildman–Crippen MR) is 158 cm³/mol. The van der Waals surface area contributed by atoms with E-state index in [4.69, 9.17) is 39.9 Å². The molecule has 0 bridgehead atoms. The van der Waals surface area contributed by atoms with Crippen LogP contribution in [0.1, 0.15) is 23.2 Å². The number of carbonyl (C=O) groups excluding carboxylic acids is 2. The monoisotopic (exact) mass is 576 g/mol. The number of carbonyl (C=O) groups is 2. The third kappa shape index (κ3) is 8.17. The molecule has 0 amide bonds. The van der Waals surface area contributed by atoms with Crippen LogP contribution < -0.4 is 20.9 Å². The van der Waals surface area contributed by atoms with Crippen molar-refractivity contribution in [1.82, 2.24) is 0 Å². The lowest BCUT2D eigenvalue weighted by Crippen LogP contribution is -2.25. The Bertz CT molecular complexity index is 1400. The van der Waals surface area contributed by atoms with Gasteiger partial charge < -0.3 is 39.9 Å². The largest absolute Gasteiger partial charge is 0.497 e. The second-order valence-electron chi connectivity index (χ2n) is 9.46. The molecule has 0 heterocycles. The van der Waals surface area contributed by atoms with Gasteiger partial charge in [0.15, 0.2) is 0 Å². The van der Waals surface area contributed by atoms with Crippen molar-refractivity contribution in [3.05, 3.63) is 83.9 Å². The van der Waals surface area contributed by atoms with E-state index in [1.807, 2.05) is 60.7 Å². The first-order chi connectivity index (χ1) is 20.4. The maximum Gasteiger partial charge on any atom is 0.327 e. The minimum atomic E-state index is -0.902. The maximum atomic E-state index is 12.4. The number of methoxy groups -OCH3 is 2. The Labute approximate surface area is 244 Å². The lowest BCUT2D eigenvalue weighted by Gasteiger charge is -2.14. The normalized spacial score (nSPS) is 12.6. The summed E-state index contributed by atoms with van der Waals surface area (Å²) in [5.74, 6) is 0.443. The summed E-state index contributed by atoms with van der Waals surface area (Å²) in [4.78, 5) is 24.7. The van der Waals surface area contributed by atoms with Gasteiger partial charge in [0.25, 0.3) is 0 Å². The standard InChI is InChI=1S/C32H36N2O8/c1-37-27-9-7-21-17-25(5-3-23(21)19-27)29(33)31(35)41-15-13-39-11-12-40-14-16-42-32(36)30(34)26-6-4-24-20-28(38-2)10-8-22(24)18-26/h3-10,17-20,29-30H,11-16,33-34H2,1-2H3/t29-,30-/m0/s1. The molecule has 0 aromatic heterocycles. The van der Waals surface area contributed by atoms with E-state index in [9.17, 15) is 9.59 Å². The highest BCUT2D eigenvalue weighted by molar-refractivity contribution is 5.87. The van der Waals surface area contributed by atoms with Crippen LogP contribution in [0.3, 0.4) is 0 Å². The van der Waals surface area contributed by atoms with Crippen LogP contribution in [-0.4, -0.2) is 65.8 Å². The summed E-state index contributed by atoms with van der Waals surface area (Å²) in [5, 5.41) is 3.87. The van der Waals surface area contributed by atoms with E-state index < -0.39 is 24.0 Å². The van der Waals surface area contributed by atoms with Crippen LogP contribution in [0.5, 0.6) is 11.5 Å². The summed E-state index contributed by atoms with van der Waals surface area (Å²) < 4.78 is 31.8. The Kier molecular flexibility index (Phi) is 11.1. The lowest BCUT2D eigenvalue weighted by molar-refractivity contribution is -0.148. The number of nitrogens with two attached hydrogens (primary N) is 2. The maximum absolute atomic E-state index is 12.4. The first-order valence-electron chi connectivity index (χ1n) is 13.5. The molecule has 0 aliphatic rings. The van der Waals surface area contributed by atoms with Crippen LogP contribution in [0, 0.1) is 0 Å². The fourth-order valence-electron chi connectivity index (χ4n) is 4.30. The molecule has 10 heteroatoms. The molecule has 10 nitrogen and oxygen atoms in total. The van der Waals surface area contributed by atoms with E-state index in [1.165, 1.54) is 0 Å². The molecular formula is C32H36N2O8. The molecule has 0 fully saturated rings. The number of benzene rings is 4. The zero-order chi connectivity index (χ0) is 29.9. The molecule has 0 spiro atoms. The van der Waals surface area contributed by atoms with Gasteiger partial charge in [0.1, 0.15) is 36.8 Å². The number of hydrogen-bond donors (Lipinski definition) is 2. The molecular weight excluding hydrogens is 540 g/mol. The van der Waals surface area contributed by atoms with Gasteiger partial charge in [-0.3, -0.25) is 0 Å². The second-order valence-corrected chi connectivity index (χ2v) is 9.46. The van der Waals surface area contributed by atoms with E-state index in [2.05, 4.69) is 0 Å². The van der Waals surface area contributed by atoms with Crippen LogP contribution in [0.4, 0.5) is 0 Å². The van der Waals surface area contributed by atoms with Gasteiger partial charge in [0, 0.05) is 0 Å². The van der Waals surface area contributed by atoms with Gasteiger partial charge in [-0.05, 0) is 69.1 Å². The Balaban J connectivity index is 1.06. The fraction of sp³-hybridized carbons (Fsp3) is 0.312. The lowest BCUT2D eigenvalue weighted by atomic mass is 10.0. The van der Waals surface area contributed by atoms with Gasteiger partial charge in [-0.15, -0.1) is 0 Å². The number of rotatable bonds is 15. The number of hydrogen-bond acceptors (Lipinski definition) is 10. The van der Waals surface area contributed by atoms with Gasteiger partial charge in [-0.2, -0.15) is 0 Å². The zero-order valence-electron chi connectivity index (χ0n) is 23.7. The van der Waals surface area contributed by atoms with Crippen LogP contribution in [-0.2, 0) is 28.5 Å². The third-order valence-electron chi connectivity index (χ3n) is 6.69. The summed E-state index contributed by atoms with van der Waals surface area (Å²) in [6.07, 6.45) is 0. The Hall–Kier alpha value is -4.22. The average Bonchev–Trinajstić information content (AvgIpc) is 3.03. The van der Waals surface area contributed by atoms with E-state index in [1.54, 1.807) is 26.4 Å². The highest BCUT2D eigenvalue weighted by atomic mass is 16.6. The first-order valence-corrected chi connectivity index (χ1v) is 13.5. The van der Waals surface area contributed by atoms with Crippen molar-refractivity contribution in [3.63, 3.8) is 0 Å². The number of fused-ring (bicyclic) bond motifs is 2. The fourth-order valence-corrected chi connectivity index (χ4v) is 4.30. The molecule has 4 aromatic carbocycles. The van der Waals surface area contributed by atoms with Crippen LogP contribution in [0.2, 0.25) is 0 Å². The zero-order valence-corrected chi connectivity index (χ0v) is 23.7. The highest BCUT2D eigenvalue weighted by Crippen LogP contribution is 2.25. The first kappa shape index (κ1) is 30.7. The predicted octanol–water partition coefficient (Wildman–Crippen LogP) is 3.83.